The van der Waals surface area contributed by atoms with Crippen LogP contribution in [-0.2, 0) is 25.7 Å². The molecule has 4 N–H and O–H groups in total. The molecule has 4 atom stereocenters. The van der Waals surface area contributed by atoms with Gasteiger partial charge in [0.1, 0.15) is 17.9 Å². The lowest BCUT2D eigenvalue weighted by molar-refractivity contribution is -0.135. The van der Waals surface area contributed by atoms with Crippen molar-refractivity contribution in [1.82, 2.24) is 30.4 Å². The van der Waals surface area contributed by atoms with Gasteiger partial charge in [-0.05, 0) is 77.0 Å². The Morgan fingerprint density at radius 2 is 1.38 bits per heavy atom. The minimum Gasteiger partial charge on any atom is -0.453 e. The number of amides is 4. The number of imidazole rings is 1. The Balaban J connectivity index is 1.12. The SMILES string of the molecule is COC(=O)N[C@H](C(=O)N1CCC[C@H]1C1=NC=C(c2ccc(-c3ccc(-c4cnc([C@@H]5CCCN5C(=O)[C@@H](NC(=O)OC)C(C)C)[nH]4)cc3)c(CO)c2)C1)C(C)C. The third kappa shape index (κ3) is 8.49. The third-order valence-electron chi connectivity index (χ3n) is 11.1. The summed E-state index contributed by atoms with van der Waals surface area (Å²) < 4.78 is 9.52. The van der Waals surface area contributed by atoms with E-state index in [4.69, 9.17) is 14.5 Å². The van der Waals surface area contributed by atoms with Gasteiger partial charge < -0.3 is 40.0 Å². The Bertz CT molecular complexity index is 1990. The number of nitrogens with zero attached hydrogens (tertiary/aromatic N) is 4. The number of carbonyl (C=O) groups is 4. The fourth-order valence-corrected chi connectivity index (χ4v) is 7.96. The molecule has 3 aliphatic heterocycles. The second-order valence-electron chi connectivity index (χ2n) is 15.3. The van der Waals surface area contributed by atoms with Crippen molar-refractivity contribution in [2.45, 2.75) is 90.6 Å². The fourth-order valence-electron chi connectivity index (χ4n) is 7.96. The number of methoxy groups -OCH3 is 2. The van der Waals surface area contributed by atoms with Gasteiger partial charge in [0.05, 0.1) is 44.8 Å². The molecule has 4 heterocycles. The minimum absolute atomic E-state index is 0.110. The van der Waals surface area contributed by atoms with Crippen molar-refractivity contribution in [3.63, 3.8) is 0 Å². The number of likely N-dealkylation sites (tertiary alicyclic amines) is 2. The van der Waals surface area contributed by atoms with Crippen molar-refractivity contribution in [1.29, 1.82) is 0 Å². The molecular formula is C42H53N7O7. The largest absolute Gasteiger partial charge is 0.453 e. The van der Waals surface area contributed by atoms with Gasteiger partial charge in [-0.25, -0.2) is 14.6 Å². The summed E-state index contributed by atoms with van der Waals surface area (Å²) in [6, 6.07) is 12.3. The molecule has 14 nitrogen and oxygen atoms in total. The number of hydrogen-bond acceptors (Lipinski definition) is 9. The van der Waals surface area contributed by atoms with Crippen LogP contribution in [0.2, 0.25) is 0 Å². The zero-order valence-corrected chi connectivity index (χ0v) is 33.0. The molecule has 0 aliphatic carbocycles. The van der Waals surface area contributed by atoms with E-state index in [0.717, 1.165) is 70.5 Å². The van der Waals surface area contributed by atoms with Gasteiger partial charge in [-0.3, -0.25) is 14.6 Å². The molecule has 0 saturated carbocycles. The zero-order chi connectivity index (χ0) is 40.1. The standard InChI is InChI=1S/C42H53N7O7/c1-24(2)36(46-41(53)55-5)39(51)48-17-7-9-34(48)32-20-29(21-43-32)28-15-16-31(30(19-28)23-50)26-11-13-27(14-12-26)33-22-44-38(45-33)35-10-8-18-49(35)40(52)37(25(3)4)47-42(54)56-6/h11-16,19,21-22,24-25,34-37,50H,7-10,17-18,20,23H2,1-6H3,(H,44,45)(H,46,53)(H,47,54)/t34-,35-,36-,37-/m0/s1. The smallest absolute Gasteiger partial charge is 0.407 e. The van der Waals surface area contributed by atoms with E-state index in [-0.39, 0.29) is 42.3 Å². The lowest BCUT2D eigenvalue weighted by atomic mass is 9.92. The number of aromatic amines is 1. The van der Waals surface area contributed by atoms with E-state index in [1.54, 1.807) is 11.1 Å². The van der Waals surface area contributed by atoms with Crippen molar-refractivity contribution in [2.75, 3.05) is 27.3 Å². The number of aromatic nitrogens is 2. The number of nitrogens with one attached hydrogen (secondary N) is 3. The zero-order valence-electron chi connectivity index (χ0n) is 33.0. The van der Waals surface area contributed by atoms with Crippen LogP contribution < -0.4 is 10.6 Å². The molecular weight excluding hydrogens is 715 g/mol. The maximum Gasteiger partial charge on any atom is 0.407 e. The first-order chi connectivity index (χ1) is 26.9. The molecule has 6 rings (SSSR count). The van der Waals surface area contributed by atoms with Crippen LogP contribution in [0.4, 0.5) is 9.59 Å². The Kier molecular flexibility index (Phi) is 12.6. The van der Waals surface area contributed by atoms with Crippen LogP contribution in [0.3, 0.4) is 0 Å². The first kappa shape index (κ1) is 40.2. The first-order valence-corrected chi connectivity index (χ1v) is 19.4. The molecule has 1 aromatic heterocycles. The highest BCUT2D eigenvalue weighted by molar-refractivity contribution is 6.04. The molecule has 14 heteroatoms. The second kappa shape index (κ2) is 17.5. The van der Waals surface area contributed by atoms with E-state index in [9.17, 15) is 24.3 Å². The quantitative estimate of drug-likeness (QED) is 0.178. The summed E-state index contributed by atoms with van der Waals surface area (Å²) in [6.07, 6.45) is 6.21. The van der Waals surface area contributed by atoms with Crippen LogP contribution in [0, 0.1) is 11.8 Å². The van der Waals surface area contributed by atoms with Gasteiger partial charge in [0.25, 0.3) is 0 Å². The average molecular weight is 768 g/mol. The van der Waals surface area contributed by atoms with Crippen molar-refractivity contribution in [3.8, 4) is 22.4 Å². The number of H-pyrrole nitrogens is 1. The molecule has 4 amide bonds. The van der Waals surface area contributed by atoms with Gasteiger partial charge in [0.15, 0.2) is 0 Å². The molecule has 2 fully saturated rings. The molecule has 0 spiro atoms. The number of hydrogen-bond donors (Lipinski definition) is 4. The lowest BCUT2D eigenvalue weighted by Gasteiger charge is -2.31. The van der Waals surface area contributed by atoms with E-state index >= 15 is 0 Å². The number of rotatable bonds is 12. The predicted molar refractivity (Wildman–Crippen MR) is 212 cm³/mol. The highest BCUT2D eigenvalue weighted by Gasteiger charge is 2.39. The van der Waals surface area contributed by atoms with Crippen LogP contribution in [0.25, 0.3) is 28.0 Å². The molecule has 2 saturated heterocycles. The number of aliphatic hydroxyl groups excluding tert-OH is 1. The summed E-state index contributed by atoms with van der Waals surface area (Å²) in [4.78, 5) is 67.6. The van der Waals surface area contributed by atoms with E-state index in [2.05, 4.69) is 20.6 Å². The van der Waals surface area contributed by atoms with Gasteiger partial charge >= 0.3 is 12.2 Å². The fraction of sp³-hybridized carbons (Fsp3) is 0.476. The Labute approximate surface area is 327 Å². The summed E-state index contributed by atoms with van der Waals surface area (Å²) in [7, 11) is 2.57. The average Bonchev–Trinajstić information content (AvgIpc) is 4.04. The first-order valence-electron chi connectivity index (χ1n) is 19.4. The predicted octanol–water partition coefficient (Wildman–Crippen LogP) is 5.84. The summed E-state index contributed by atoms with van der Waals surface area (Å²) in [5.74, 6) is 0.184. The van der Waals surface area contributed by atoms with Crippen LogP contribution in [-0.4, -0.2) is 100 Å². The normalized spacial score (nSPS) is 19.2. The molecule has 3 aliphatic rings. The van der Waals surface area contributed by atoms with Gasteiger partial charge in [0.2, 0.25) is 11.8 Å². The maximum absolute atomic E-state index is 13.6. The van der Waals surface area contributed by atoms with Crippen molar-refractivity contribution >= 4 is 35.3 Å². The molecule has 298 valence electrons. The summed E-state index contributed by atoms with van der Waals surface area (Å²) in [5.41, 5.74) is 7.29. The number of allylic oxidation sites excluding steroid dienone is 1. The molecule has 0 radical (unpaired) electrons. The van der Waals surface area contributed by atoms with Crippen LogP contribution in [0.5, 0.6) is 0 Å². The number of aliphatic imine (C=N–C) groups is 1. The van der Waals surface area contributed by atoms with E-state index in [1.165, 1.54) is 14.2 Å². The lowest BCUT2D eigenvalue weighted by Crippen LogP contribution is -2.53. The van der Waals surface area contributed by atoms with Crippen LogP contribution in [0.1, 0.15) is 82.8 Å². The number of benzene rings is 2. The second-order valence-corrected chi connectivity index (χ2v) is 15.3. The Morgan fingerprint density at radius 3 is 1.95 bits per heavy atom. The minimum atomic E-state index is -0.703. The van der Waals surface area contributed by atoms with Gasteiger partial charge in [-0.2, -0.15) is 0 Å². The monoisotopic (exact) mass is 767 g/mol. The topological polar surface area (TPSA) is 179 Å². The Morgan fingerprint density at radius 1 is 0.821 bits per heavy atom. The van der Waals surface area contributed by atoms with E-state index in [0.29, 0.717) is 25.3 Å². The van der Waals surface area contributed by atoms with Crippen molar-refractivity contribution in [2.24, 2.45) is 16.8 Å². The van der Waals surface area contributed by atoms with Gasteiger partial charge in [-0.15, -0.1) is 0 Å². The molecule has 2 aromatic carbocycles. The van der Waals surface area contributed by atoms with E-state index < -0.39 is 24.3 Å². The molecule has 56 heavy (non-hydrogen) atoms. The molecule has 3 aromatic rings. The summed E-state index contributed by atoms with van der Waals surface area (Å²) in [6.45, 7) is 8.62. The molecule has 0 bridgehead atoms. The third-order valence-corrected chi connectivity index (χ3v) is 11.1. The number of carbonyl (C=O) groups excluding carboxylic acids is 4. The maximum atomic E-state index is 13.6. The Hall–Kier alpha value is -5.50. The summed E-state index contributed by atoms with van der Waals surface area (Å²) >= 11 is 0. The van der Waals surface area contributed by atoms with Gasteiger partial charge in [0, 0.05) is 31.4 Å². The van der Waals surface area contributed by atoms with Crippen molar-refractivity contribution < 1.29 is 33.8 Å². The van der Waals surface area contributed by atoms with E-state index in [1.807, 2.05) is 81.3 Å². The van der Waals surface area contributed by atoms with Gasteiger partial charge in [-0.1, -0.05) is 64.1 Å². The highest BCUT2D eigenvalue weighted by Crippen LogP contribution is 2.36. The van der Waals surface area contributed by atoms with Crippen LogP contribution in [0.15, 0.2) is 59.9 Å². The number of alkyl carbamates (subject to hydrolysis) is 2. The van der Waals surface area contributed by atoms with Crippen molar-refractivity contribution in [3.05, 3.63) is 71.8 Å². The molecule has 0 unspecified atom stereocenters. The number of aliphatic hydroxyl groups is 1. The summed E-state index contributed by atoms with van der Waals surface area (Å²) in [5, 5.41) is 15.9. The highest BCUT2D eigenvalue weighted by atomic mass is 16.5. The number of ether oxygens (including phenoxy) is 2. The van der Waals surface area contributed by atoms with Crippen LogP contribution >= 0.6 is 0 Å².